The second-order valence-corrected chi connectivity index (χ2v) is 5.79. The molecule has 0 aliphatic carbocycles. The van der Waals surface area contributed by atoms with E-state index in [-0.39, 0.29) is 17.2 Å². The van der Waals surface area contributed by atoms with E-state index in [9.17, 15) is 9.59 Å². The van der Waals surface area contributed by atoms with Crippen molar-refractivity contribution in [1.82, 2.24) is 9.97 Å². The van der Waals surface area contributed by atoms with Crippen LogP contribution in [0.1, 0.15) is 32.6 Å². The van der Waals surface area contributed by atoms with Crippen LogP contribution in [0, 0.1) is 0 Å². The van der Waals surface area contributed by atoms with E-state index in [1.54, 1.807) is 36.4 Å². The first-order valence-electron chi connectivity index (χ1n) is 7.29. The van der Waals surface area contributed by atoms with Crippen LogP contribution in [0.5, 0.6) is 0 Å². The van der Waals surface area contributed by atoms with E-state index < -0.39 is 5.25 Å². The van der Waals surface area contributed by atoms with Gasteiger partial charge in [0, 0.05) is 17.2 Å². The lowest BCUT2D eigenvalue weighted by atomic mass is 10.0. The first kappa shape index (κ1) is 16.0. The highest BCUT2D eigenvalue weighted by atomic mass is 32.1. The summed E-state index contributed by atoms with van der Waals surface area (Å²) in [6.07, 6.45) is 0. The van der Waals surface area contributed by atoms with Crippen LogP contribution < -0.4 is 11.3 Å². The second kappa shape index (κ2) is 6.72. The van der Waals surface area contributed by atoms with E-state index in [4.69, 9.17) is 5.73 Å². The summed E-state index contributed by atoms with van der Waals surface area (Å²) in [7, 11) is 0. The Hall–Kier alpha value is -2.86. The summed E-state index contributed by atoms with van der Waals surface area (Å²) in [5.74, 6) is 0.461. The molecule has 2 aromatic carbocycles. The van der Waals surface area contributed by atoms with Crippen molar-refractivity contribution < 1.29 is 4.79 Å². The van der Waals surface area contributed by atoms with Crippen LogP contribution in [0.15, 0.2) is 65.5 Å². The van der Waals surface area contributed by atoms with E-state index in [2.05, 4.69) is 22.6 Å². The largest absolute Gasteiger partial charge is 0.383 e. The van der Waals surface area contributed by atoms with Gasteiger partial charge in [0.15, 0.2) is 5.78 Å². The molecule has 1 heterocycles. The van der Waals surface area contributed by atoms with Gasteiger partial charge in [0.2, 0.25) is 0 Å². The Morgan fingerprint density at radius 3 is 2.29 bits per heavy atom. The van der Waals surface area contributed by atoms with Crippen LogP contribution in [-0.2, 0) is 0 Å². The molecule has 0 saturated carbocycles. The minimum atomic E-state index is -0.443. The van der Waals surface area contributed by atoms with Gasteiger partial charge in [-0.25, -0.2) is 4.98 Å². The standard InChI is InChI=1S/C18H15N3O2S/c19-14-10-15(22)21-18(20-14)17(24)13-8-6-12(7-9-13)16(23)11-4-2-1-3-5-11/h1-10,17,24H,(H3,19,20,21,22). The van der Waals surface area contributed by atoms with Gasteiger partial charge in [-0.2, -0.15) is 12.6 Å². The fraction of sp³-hybridized carbons (Fsp3) is 0.0556. The van der Waals surface area contributed by atoms with E-state index in [0.29, 0.717) is 17.0 Å². The molecule has 1 atom stereocenters. The average molecular weight is 337 g/mol. The van der Waals surface area contributed by atoms with Gasteiger partial charge in [0.25, 0.3) is 5.56 Å². The summed E-state index contributed by atoms with van der Waals surface area (Å²) in [5.41, 5.74) is 7.29. The average Bonchev–Trinajstić information content (AvgIpc) is 2.60. The van der Waals surface area contributed by atoms with Crippen molar-refractivity contribution in [3.8, 4) is 0 Å². The van der Waals surface area contributed by atoms with E-state index in [0.717, 1.165) is 5.56 Å². The van der Waals surface area contributed by atoms with E-state index in [1.807, 2.05) is 18.2 Å². The summed E-state index contributed by atoms with van der Waals surface area (Å²) in [5, 5.41) is -0.443. The molecule has 0 amide bonds. The molecule has 3 N–H and O–H groups in total. The molecule has 5 nitrogen and oxygen atoms in total. The molecular formula is C18H15N3O2S. The Balaban J connectivity index is 1.86. The predicted molar refractivity (Wildman–Crippen MR) is 96.4 cm³/mol. The molecule has 0 radical (unpaired) electrons. The summed E-state index contributed by atoms with van der Waals surface area (Å²) >= 11 is 4.49. The quantitative estimate of drug-likeness (QED) is 0.504. The second-order valence-electron chi connectivity index (χ2n) is 5.28. The zero-order valence-electron chi connectivity index (χ0n) is 12.6. The van der Waals surface area contributed by atoms with Gasteiger partial charge >= 0.3 is 0 Å². The smallest absolute Gasteiger partial charge is 0.253 e. The molecule has 0 spiro atoms. The number of carbonyl (C=O) groups excluding carboxylic acids is 1. The van der Waals surface area contributed by atoms with Crippen molar-refractivity contribution in [3.63, 3.8) is 0 Å². The Morgan fingerprint density at radius 1 is 1.04 bits per heavy atom. The molecule has 0 saturated heterocycles. The number of carbonyl (C=O) groups is 1. The van der Waals surface area contributed by atoms with E-state index in [1.165, 1.54) is 6.07 Å². The third-order valence-corrected chi connectivity index (χ3v) is 4.11. The van der Waals surface area contributed by atoms with Crippen molar-refractivity contribution in [2.24, 2.45) is 0 Å². The monoisotopic (exact) mass is 337 g/mol. The number of nitrogens with one attached hydrogen (secondary N) is 1. The minimum Gasteiger partial charge on any atom is -0.383 e. The first-order valence-corrected chi connectivity index (χ1v) is 7.81. The zero-order chi connectivity index (χ0) is 17.1. The normalized spacial score (nSPS) is 11.9. The summed E-state index contributed by atoms with van der Waals surface area (Å²) < 4.78 is 0. The van der Waals surface area contributed by atoms with Gasteiger partial charge in [-0.1, -0.05) is 54.6 Å². The number of H-pyrrole nitrogens is 1. The highest BCUT2D eigenvalue weighted by Crippen LogP contribution is 2.26. The van der Waals surface area contributed by atoms with Crippen LogP contribution in [0.3, 0.4) is 0 Å². The fourth-order valence-corrected chi connectivity index (χ4v) is 2.65. The maximum atomic E-state index is 12.4. The first-order chi connectivity index (χ1) is 11.5. The van der Waals surface area contributed by atoms with Gasteiger partial charge in [0.05, 0.1) is 5.25 Å². The summed E-state index contributed by atoms with van der Waals surface area (Å²) in [6, 6.07) is 17.3. The molecule has 0 fully saturated rings. The Morgan fingerprint density at radius 2 is 1.67 bits per heavy atom. The van der Waals surface area contributed by atoms with Crippen LogP contribution in [0.25, 0.3) is 0 Å². The summed E-state index contributed by atoms with van der Waals surface area (Å²) in [6.45, 7) is 0. The SMILES string of the molecule is Nc1cc(=O)[nH]c(C(S)c2ccc(C(=O)c3ccccc3)cc2)n1. The van der Waals surface area contributed by atoms with Gasteiger partial charge in [-0.3, -0.25) is 9.59 Å². The maximum absolute atomic E-state index is 12.4. The lowest BCUT2D eigenvalue weighted by molar-refractivity contribution is 0.103. The van der Waals surface area contributed by atoms with Crippen molar-refractivity contribution in [1.29, 1.82) is 0 Å². The number of hydrogen-bond donors (Lipinski definition) is 3. The molecule has 6 heteroatoms. The molecule has 3 aromatic rings. The van der Waals surface area contributed by atoms with Gasteiger partial charge < -0.3 is 10.7 Å². The molecule has 3 rings (SSSR count). The number of ketones is 1. The van der Waals surface area contributed by atoms with Gasteiger partial charge in [-0.15, -0.1) is 0 Å². The molecule has 120 valence electrons. The topological polar surface area (TPSA) is 88.8 Å². The van der Waals surface area contributed by atoms with Crippen LogP contribution in [-0.4, -0.2) is 15.8 Å². The predicted octanol–water partition coefficient (Wildman–Crippen LogP) is 2.60. The van der Waals surface area contributed by atoms with Crippen LogP contribution in [0.2, 0.25) is 0 Å². The van der Waals surface area contributed by atoms with Crippen molar-refractivity contribution in [3.05, 3.63) is 93.5 Å². The number of rotatable bonds is 4. The summed E-state index contributed by atoms with van der Waals surface area (Å²) in [4.78, 5) is 30.6. The number of benzene rings is 2. The molecule has 0 bridgehead atoms. The highest BCUT2D eigenvalue weighted by molar-refractivity contribution is 7.80. The Labute approximate surface area is 144 Å². The number of nitrogen functional groups attached to an aromatic ring is 1. The van der Waals surface area contributed by atoms with Crippen LogP contribution >= 0.6 is 12.6 Å². The number of anilines is 1. The number of hydrogen-bond acceptors (Lipinski definition) is 5. The minimum absolute atomic E-state index is 0.0478. The highest BCUT2D eigenvalue weighted by Gasteiger charge is 2.14. The molecule has 1 aromatic heterocycles. The Bertz CT molecular complexity index is 921. The van der Waals surface area contributed by atoms with Crippen molar-refractivity contribution in [2.45, 2.75) is 5.25 Å². The molecule has 24 heavy (non-hydrogen) atoms. The van der Waals surface area contributed by atoms with Crippen molar-refractivity contribution >= 4 is 24.2 Å². The van der Waals surface area contributed by atoms with Gasteiger partial charge in [0.1, 0.15) is 11.6 Å². The molecule has 0 aliphatic rings. The fourth-order valence-electron chi connectivity index (χ4n) is 2.36. The lowest BCUT2D eigenvalue weighted by Crippen LogP contribution is -2.14. The third-order valence-electron chi connectivity index (χ3n) is 3.56. The maximum Gasteiger partial charge on any atom is 0.253 e. The number of nitrogens with two attached hydrogens (primary N) is 1. The molecule has 1 unspecified atom stereocenters. The van der Waals surface area contributed by atoms with E-state index >= 15 is 0 Å². The molecular weight excluding hydrogens is 322 g/mol. The lowest BCUT2D eigenvalue weighted by Gasteiger charge is -2.11. The number of aromatic amines is 1. The number of thiol groups is 1. The Kier molecular flexibility index (Phi) is 4.48. The molecule has 0 aliphatic heterocycles. The third kappa shape index (κ3) is 3.38. The zero-order valence-corrected chi connectivity index (χ0v) is 13.5. The number of nitrogens with zero attached hydrogens (tertiary/aromatic N) is 1. The van der Waals surface area contributed by atoms with Gasteiger partial charge in [-0.05, 0) is 5.56 Å². The van der Waals surface area contributed by atoms with Crippen LogP contribution in [0.4, 0.5) is 5.82 Å². The number of aromatic nitrogens is 2. The van der Waals surface area contributed by atoms with Crippen molar-refractivity contribution in [2.75, 3.05) is 5.73 Å².